The highest BCUT2D eigenvalue weighted by molar-refractivity contribution is 7.92. The monoisotopic (exact) mass is 400 g/mol. The van der Waals surface area contributed by atoms with Gasteiger partial charge in [-0.2, -0.15) is 0 Å². The molecule has 3 aromatic heterocycles. The Labute approximate surface area is 163 Å². The van der Waals surface area contributed by atoms with E-state index in [4.69, 9.17) is 0 Å². The topological polar surface area (TPSA) is 126 Å². The van der Waals surface area contributed by atoms with E-state index in [0.717, 1.165) is 16.3 Å². The van der Waals surface area contributed by atoms with Crippen molar-refractivity contribution in [3.05, 3.63) is 48.3 Å². The van der Waals surface area contributed by atoms with E-state index in [1.807, 2.05) is 13.8 Å². The molecule has 0 radical (unpaired) electrons. The molecular formula is C17H20N8O2S. The van der Waals surface area contributed by atoms with Gasteiger partial charge in [-0.1, -0.05) is 0 Å². The molecule has 0 aliphatic heterocycles. The minimum Gasteiger partial charge on any atom is -0.325 e. The molecule has 0 aliphatic carbocycles. The van der Waals surface area contributed by atoms with Crippen LogP contribution >= 0.6 is 0 Å². The Kier molecular flexibility index (Phi) is 5.36. The molecule has 3 aromatic rings. The van der Waals surface area contributed by atoms with Gasteiger partial charge in [0.1, 0.15) is 29.6 Å². The molecule has 146 valence electrons. The van der Waals surface area contributed by atoms with Crippen molar-refractivity contribution in [1.82, 2.24) is 24.9 Å². The average Bonchev–Trinajstić information content (AvgIpc) is 2.60. The van der Waals surface area contributed by atoms with Gasteiger partial charge in [0.2, 0.25) is 10.0 Å². The van der Waals surface area contributed by atoms with Gasteiger partial charge in [-0.3, -0.25) is 4.31 Å². The van der Waals surface area contributed by atoms with Gasteiger partial charge in [-0.05, 0) is 26.0 Å². The van der Waals surface area contributed by atoms with Crippen LogP contribution in [-0.2, 0) is 10.0 Å². The van der Waals surface area contributed by atoms with Crippen molar-refractivity contribution in [2.24, 2.45) is 0 Å². The molecule has 10 nitrogen and oxygen atoms in total. The lowest BCUT2D eigenvalue weighted by Gasteiger charge is -2.19. The summed E-state index contributed by atoms with van der Waals surface area (Å²) in [5.74, 6) is 2.58. The van der Waals surface area contributed by atoms with Gasteiger partial charge in [-0.25, -0.2) is 33.3 Å². The molecule has 0 fully saturated rings. The number of nitrogens with one attached hydrogen (secondary N) is 2. The molecule has 11 heteroatoms. The number of sulfonamides is 1. The van der Waals surface area contributed by atoms with Gasteiger partial charge in [0.15, 0.2) is 5.82 Å². The molecule has 0 spiro atoms. The summed E-state index contributed by atoms with van der Waals surface area (Å²) in [5.41, 5.74) is 1.24. The first-order chi connectivity index (χ1) is 13.2. The normalized spacial score (nSPS) is 11.1. The molecule has 0 aliphatic rings. The maximum absolute atomic E-state index is 11.9. The lowest BCUT2D eigenvalue weighted by molar-refractivity contribution is 0.600. The first-order valence-corrected chi connectivity index (χ1v) is 10.1. The highest BCUT2D eigenvalue weighted by Gasteiger charge is 2.17. The van der Waals surface area contributed by atoms with Gasteiger partial charge in [0.05, 0.1) is 11.9 Å². The second-order valence-electron chi connectivity index (χ2n) is 6.08. The highest BCUT2D eigenvalue weighted by atomic mass is 32.2. The zero-order valence-corrected chi connectivity index (χ0v) is 16.7. The summed E-state index contributed by atoms with van der Waals surface area (Å²) in [5, 5.41) is 6.14. The van der Waals surface area contributed by atoms with Gasteiger partial charge in [0.25, 0.3) is 0 Å². The van der Waals surface area contributed by atoms with Crippen LogP contribution in [0.3, 0.4) is 0 Å². The summed E-state index contributed by atoms with van der Waals surface area (Å²) in [4.78, 5) is 21.1. The molecule has 3 rings (SSSR count). The van der Waals surface area contributed by atoms with Crippen molar-refractivity contribution in [2.75, 3.05) is 28.2 Å². The lowest BCUT2D eigenvalue weighted by Crippen LogP contribution is -2.25. The fourth-order valence-electron chi connectivity index (χ4n) is 2.45. The number of hydrogen-bond acceptors (Lipinski definition) is 9. The molecule has 0 bridgehead atoms. The van der Waals surface area contributed by atoms with Crippen LogP contribution < -0.4 is 14.9 Å². The Hall–Kier alpha value is -3.34. The Morgan fingerprint density at radius 1 is 0.964 bits per heavy atom. The van der Waals surface area contributed by atoms with Crippen molar-refractivity contribution in [2.45, 2.75) is 13.8 Å². The number of anilines is 5. The van der Waals surface area contributed by atoms with Gasteiger partial charge in [0, 0.05) is 31.1 Å². The van der Waals surface area contributed by atoms with E-state index in [9.17, 15) is 8.42 Å². The predicted octanol–water partition coefficient (Wildman–Crippen LogP) is 2.16. The molecular weight excluding hydrogens is 380 g/mol. The maximum Gasteiger partial charge on any atom is 0.232 e. The summed E-state index contributed by atoms with van der Waals surface area (Å²) in [6, 6.07) is 6.80. The number of aromatic nitrogens is 5. The molecule has 0 aromatic carbocycles. The van der Waals surface area contributed by atoms with E-state index in [0.29, 0.717) is 34.8 Å². The van der Waals surface area contributed by atoms with Crippen LogP contribution in [0.15, 0.2) is 36.8 Å². The van der Waals surface area contributed by atoms with Crippen LogP contribution in [0.4, 0.5) is 29.0 Å². The number of pyridine rings is 1. The smallest absolute Gasteiger partial charge is 0.232 e. The van der Waals surface area contributed by atoms with Crippen LogP contribution in [0.25, 0.3) is 0 Å². The molecule has 0 saturated heterocycles. The van der Waals surface area contributed by atoms with Crippen LogP contribution in [0.5, 0.6) is 0 Å². The van der Waals surface area contributed by atoms with Crippen molar-refractivity contribution < 1.29 is 8.42 Å². The lowest BCUT2D eigenvalue weighted by atomic mass is 10.3. The summed E-state index contributed by atoms with van der Waals surface area (Å²) >= 11 is 0. The molecule has 0 unspecified atom stereocenters. The van der Waals surface area contributed by atoms with Crippen molar-refractivity contribution in [3.8, 4) is 0 Å². The van der Waals surface area contributed by atoms with Crippen molar-refractivity contribution in [3.63, 3.8) is 0 Å². The Morgan fingerprint density at radius 2 is 1.68 bits per heavy atom. The van der Waals surface area contributed by atoms with Gasteiger partial charge >= 0.3 is 0 Å². The van der Waals surface area contributed by atoms with E-state index in [1.165, 1.54) is 13.4 Å². The fourth-order valence-corrected chi connectivity index (χ4v) is 2.96. The molecule has 0 amide bonds. The Bertz CT molecular complexity index is 1080. The number of nitrogens with zero attached hydrogens (tertiary/aromatic N) is 6. The first-order valence-electron chi connectivity index (χ1n) is 8.29. The van der Waals surface area contributed by atoms with E-state index >= 15 is 0 Å². The van der Waals surface area contributed by atoms with E-state index < -0.39 is 10.0 Å². The summed E-state index contributed by atoms with van der Waals surface area (Å²) in [6.07, 6.45) is 4.07. The number of hydrogen-bond donors (Lipinski definition) is 2. The second-order valence-corrected chi connectivity index (χ2v) is 8.10. The zero-order valence-electron chi connectivity index (χ0n) is 15.9. The molecule has 28 heavy (non-hydrogen) atoms. The molecule has 2 N–H and O–H groups in total. The second kappa shape index (κ2) is 7.72. The standard InChI is InChI=1S/C17H20N8O2S/c1-11-8-16(22-12(2)21-11)23-14-9-15(20-10-19-14)24-17-13(6-5-7-18-17)25(3)28(4,26)27/h5-10H,1-4H3,(H2,18,19,20,21,22,23,24). The Balaban J connectivity index is 1.86. The van der Waals surface area contributed by atoms with Gasteiger partial charge in [-0.15, -0.1) is 0 Å². The third-order valence-electron chi connectivity index (χ3n) is 3.76. The van der Waals surface area contributed by atoms with Crippen molar-refractivity contribution >= 4 is 39.0 Å². The van der Waals surface area contributed by atoms with Crippen LogP contribution in [0, 0.1) is 13.8 Å². The first kappa shape index (κ1) is 19.4. The fraction of sp³-hybridized carbons (Fsp3) is 0.235. The summed E-state index contributed by atoms with van der Waals surface area (Å²) in [7, 11) is -1.97. The van der Waals surface area contributed by atoms with Crippen molar-refractivity contribution in [1.29, 1.82) is 0 Å². The minimum absolute atomic E-state index is 0.355. The minimum atomic E-state index is -3.43. The predicted molar refractivity (Wildman–Crippen MR) is 108 cm³/mol. The molecule has 0 saturated carbocycles. The SMILES string of the molecule is Cc1cc(Nc2cc(Nc3ncccc3N(C)S(C)(=O)=O)ncn2)nc(C)n1. The van der Waals surface area contributed by atoms with E-state index in [1.54, 1.807) is 30.5 Å². The van der Waals surface area contributed by atoms with Crippen LogP contribution in [0.2, 0.25) is 0 Å². The largest absolute Gasteiger partial charge is 0.325 e. The maximum atomic E-state index is 11.9. The van der Waals surface area contributed by atoms with E-state index in [2.05, 4.69) is 35.6 Å². The third kappa shape index (κ3) is 4.68. The zero-order chi connectivity index (χ0) is 20.3. The molecule has 0 atom stereocenters. The third-order valence-corrected chi connectivity index (χ3v) is 4.95. The average molecular weight is 400 g/mol. The van der Waals surface area contributed by atoms with Crippen LogP contribution in [-0.4, -0.2) is 46.6 Å². The summed E-state index contributed by atoms with van der Waals surface area (Å²) < 4.78 is 24.9. The summed E-state index contributed by atoms with van der Waals surface area (Å²) in [6.45, 7) is 3.69. The van der Waals surface area contributed by atoms with E-state index in [-0.39, 0.29) is 0 Å². The number of rotatable bonds is 6. The molecule has 3 heterocycles. The Morgan fingerprint density at radius 3 is 2.36 bits per heavy atom. The van der Waals surface area contributed by atoms with Crippen LogP contribution in [0.1, 0.15) is 11.5 Å². The number of aryl methyl sites for hydroxylation is 2. The van der Waals surface area contributed by atoms with Gasteiger partial charge < -0.3 is 10.6 Å². The quantitative estimate of drug-likeness (QED) is 0.640. The highest BCUT2D eigenvalue weighted by Crippen LogP contribution is 2.27.